The highest BCUT2D eigenvalue weighted by molar-refractivity contribution is 6.04. The quantitative estimate of drug-likeness (QED) is 0.251. The number of methoxy groups -OCH3 is 1. The van der Waals surface area contributed by atoms with E-state index >= 15 is 0 Å². The fraction of sp³-hybridized carbons (Fsp3) is 0.207. The van der Waals surface area contributed by atoms with Crippen molar-refractivity contribution in [1.82, 2.24) is 4.98 Å². The number of hydrogen-bond acceptors (Lipinski definition) is 7. The van der Waals surface area contributed by atoms with Crippen molar-refractivity contribution >= 4 is 28.5 Å². The number of nitrogens with one attached hydrogen (secondary N) is 1. The molecule has 3 aromatic carbocycles. The van der Waals surface area contributed by atoms with Crippen molar-refractivity contribution in [3.8, 4) is 23.0 Å². The number of anilines is 1. The van der Waals surface area contributed by atoms with Crippen molar-refractivity contribution in [2.45, 2.75) is 26.3 Å². The van der Waals surface area contributed by atoms with E-state index in [1.807, 2.05) is 32.0 Å². The molecule has 0 aliphatic heterocycles. The van der Waals surface area contributed by atoms with Gasteiger partial charge in [0.05, 0.1) is 19.2 Å². The minimum atomic E-state index is -1.08. The van der Waals surface area contributed by atoms with Crippen molar-refractivity contribution in [2.75, 3.05) is 19.0 Å². The van der Waals surface area contributed by atoms with Gasteiger partial charge in [0.2, 0.25) is 0 Å². The molecule has 4 N–H and O–H groups in total. The summed E-state index contributed by atoms with van der Waals surface area (Å²) in [6.45, 7) is 4.11. The summed E-state index contributed by atoms with van der Waals surface area (Å²) in [4.78, 5) is 27.6. The average Bonchev–Trinajstić information content (AvgIpc) is 2.95. The summed E-state index contributed by atoms with van der Waals surface area (Å²) in [7, 11) is 1.51. The molecule has 0 bridgehead atoms. The van der Waals surface area contributed by atoms with E-state index in [9.17, 15) is 9.59 Å². The normalized spacial score (nSPS) is 11.1. The molecule has 9 nitrogen and oxygen atoms in total. The number of hydrogen-bond donors (Lipinski definition) is 3. The molecule has 1 aromatic heterocycles. The second-order valence-electron chi connectivity index (χ2n) is 7.86. The minimum absolute atomic E-state index is 0.110. The molecule has 1 amide bonds. The fourth-order valence-electron chi connectivity index (χ4n) is 3.44. The van der Waals surface area contributed by atoms with Crippen LogP contribution in [0.5, 0.6) is 23.0 Å². The Morgan fingerprint density at radius 1 is 0.974 bits per heavy atom. The van der Waals surface area contributed by atoms with E-state index in [1.54, 1.807) is 60.8 Å². The van der Waals surface area contributed by atoms with Gasteiger partial charge in [0, 0.05) is 35.3 Å². The number of pyridine rings is 1. The molecular formula is C29H31N3O6. The lowest BCUT2D eigenvalue weighted by Crippen LogP contribution is -2.31. The Bertz CT molecular complexity index is 1360. The van der Waals surface area contributed by atoms with Gasteiger partial charge in [0.1, 0.15) is 17.5 Å². The number of aliphatic carboxylic acids is 1. The summed E-state index contributed by atoms with van der Waals surface area (Å²) in [5.74, 6) is 0.716. The third-order valence-electron chi connectivity index (χ3n) is 5.37. The number of carbonyl (C=O) groups is 2. The summed E-state index contributed by atoms with van der Waals surface area (Å²) in [5.41, 5.74) is 7.36. The van der Waals surface area contributed by atoms with Crippen LogP contribution in [0.25, 0.3) is 10.9 Å². The molecule has 0 saturated carbocycles. The molecule has 198 valence electrons. The van der Waals surface area contributed by atoms with Crippen LogP contribution in [-0.4, -0.2) is 41.7 Å². The summed E-state index contributed by atoms with van der Waals surface area (Å²) < 4.78 is 17.2. The zero-order valence-electron chi connectivity index (χ0n) is 21.5. The van der Waals surface area contributed by atoms with Gasteiger partial charge >= 0.3 is 5.97 Å². The first-order valence-corrected chi connectivity index (χ1v) is 12.2. The standard InChI is InChI=1S/C27H25N3O6.C2H6/c1-34-24-15-20-22(16-25(24)35-14-12-21(28)27(32)33)29-13-11-23(20)36-19-9-7-18(8-10-19)30-26(31)17-5-3-2-4-6-17;1-2/h2-11,13,15-16,21H,12,14,28H2,1H3,(H,30,31)(H,32,33);1-2H3/t21-;/m0./s1. The van der Waals surface area contributed by atoms with Crippen molar-refractivity contribution in [3.63, 3.8) is 0 Å². The summed E-state index contributed by atoms with van der Waals surface area (Å²) >= 11 is 0. The zero-order chi connectivity index (χ0) is 27.5. The number of rotatable bonds is 10. The van der Waals surface area contributed by atoms with Crippen molar-refractivity contribution in [1.29, 1.82) is 0 Å². The Morgan fingerprint density at radius 2 is 1.68 bits per heavy atom. The van der Waals surface area contributed by atoms with E-state index in [4.69, 9.17) is 25.1 Å². The first-order valence-electron chi connectivity index (χ1n) is 12.2. The highest BCUT2D eigenvalue weighted by Crippen LogP contribution is 2.37. The molecule has 0 radical (unpaired) electrons. The molecule has 4 aromatic rings. The number of aromatic nitrogens is 1. The van der Waals surface area contributed by atoms with E-state index in [2.05, 4.69) is 10.3 Å². The topological polar surface area (TPSA) is 133 Å². The smallest absolute Gasteiger partial charge is 0.320 e. The first-order chi connectivity index (χ1) is 18.4. The van der Waals surface area contributed by atoms with Crippen LogP contribution >= 0.6 is 0 Å². The van der Waals surface area contributed by atoms with Gasteiger partial charge < -0.3 is 30.4 Å². The minimum Gasteiger partial charge on any atom is -0.493 e. The highest BCUT2D eigenvalue weighted by atomic mass is 16.5. The lowest BCUT2D eigenvalue weighted by molar-refractivity contribution is -0.138. The van der Waals surface area contributed by atoms with Crippen LogP contribution < -0.4 is 25.3 Å². The summed E-state index contributed by atoms with van der Waals surface area (Å²) in [6.07, 6.45) is 1.76. The van der Waals surface area contributed by atoms with Gasteiger partial charge in [-0.1, -0.05) is 32.0 Å². The van der Waals surface area contributed by atoms with Crippen LogP contribution in [0.4, 0.5) is 5.69 Å². The predicted molar refractivity (Wildman–Crippen MR) is 146 cm³/mol. The Hall–Kier alpha value is -4.63. The second kappa shape index (κ2) is 13.6. The number of carbonyl (C=O) groups excluding carboxylic acids is 1. The lowest BCUT2D eigenvalue weighted by atomic mass is 10.1. The maximum atomic E-state index is 12.3. The fourth-order valence-corrected chi connectivity index (χ4v) is 3.44. The van der Waals surface area contributed by atoms with Gasteiger partial charge in [-0.25, -0.2) is 0 Å². The Kier molecular flexibility index (Phi) is 10.0. The molecule has 1 heterocycles. The molecule has 0 unspecified atom stereocenters. The molecule has 0 aliphatic rings. The maximum Gasteiger partial charge on any atom is 0.320 e. The number of nitrogens with zero attached hydrogens (tertiary/aromatic N) is 1. The van der Waals surface area contributed by atoms with Crippen molar-refractivity contribution < 1.29 is 28.9 Å². The summed E-state index contributed by atoms with van der Waals surface area (Å²) in [6, 6.07) is 20.2. The van der Waals surface area contributed by atoms with Gasteiger partial charge in [-0.2, -0.15) is 0 Å². The number of fused-ring (bicyclic) bond motifs is 1. The predicted octanol–water partition coefficient (Wildman–Crippen LogP) is 5.50. The van der Waals surface area contributed by atoms with Gasteiger partial charge in [-0.05, 0) is 48.5 Å². The number of benzene rings is 3. The van der Waals surface area contributed by atoms with Crippen molar-refractivity contribution in [3.05, 3.63) is 84.6 Å². The number of ether oxygens (including phenoxy) is 3. The Balaban J connectivity index is 0.00000195. The van der Waals surface area contributed by atoms with Gasteiger partial charge in [0.25, 0.3) is 5.91 Å². The molecule has 9 heteroatoms. The van der Waals surface area contributed by atoms with Crippen LogP contribution in [0.2, 0.25) is 0 Å². The van der Waals surface area contributed by atoms with Crippen LogP contribution in [0.1, 0.15) is 30.6 Å². The van der Waals surface area contributed by atoms with Crippen molar-refractivity contribution in [2.24, 2.45) is 5.73 Å². The number of amides is 1. The van der Waals surface area contributed by atoms with Crippen LogP contribution in [0.15, 0.2) is 79.0 Å². The SMILES string of the molecule is CC.COc1cc2c(Oc3ccc(NC(=O)c4ccccc4)cc3)ccnc2cc1OCC[C@H](N)C(=O)O. The maximum absolute atomic E-state index is 12.3. The van der Waals surface area contributed by atoms with E-state index < -0.39 is 12.0 Å². The highest BCUT2D eigenvalue weighted by Gasteiger charge is 2.15. The third kappa shape index (κ3) is 7.21. The third-order valence-corrected chi connectivity index (χ3v) is 5.37. The Morgan fingerprint density at radius 3 is 2.34 bits per heavy atom. The van der Waals surface area contributed by atoms with Crippen LogP contribution in [0.3, 0.4) is 0 Å². The summed E-state index contributed by atoms with van der Waals surface area (Å²) in [5, 5.41) is 12.5. The van der Waals surface area contributed by atoms with E-state index in [-0.39, 0.29) is 18.9 Å². The molecule has 4 rings (SSSR count). The van der Waals surface area contributed by atoms with Gasteiger partial charge in [-0.3, -0.25) is 14.6 Å². The first kappa shape index (κ1) is 27.9. The lowest BCUT2D eigenvalue weighted by Gasteiger charge is -2.15. The number of carboxylic acids is 1. The molecule has 0 aliphatic carbocycles. The van der Waals surface area contributed by atoms with Crippen LogP contribution in [0, 0.1) is 0 Å². The molecule has 0 fully saturated rings. The molecule has 0 spiro atoms. The largest absolute Gasteiger partial charge is 0.493 e. The monoisotopic (exact) mass is 517 g/mol. The molecule has 1 atom stereocenters. The van der Waals surface area contributed by atoms with Gasteiger partial charge in [-0.15, -0.1) is 0 Å². The van der Waals surface area contributed by atoms with E-state index in [1.165, 1.54) is 7.11 Å². The second-order valence-corrected chi connectivity index (χ2v) is 7.86. The van der Waals surface area contributed by atoms with Crippen LogP contribution in [-0.2, 0) is 4.79 Å². The van der Waals surface area contributed by atoms with E-state index in [0.717, 1.165) is 0 Å². The Labute approximate surface area is 221 Å². The number of nitrogens with two attached hydrogens (primary N) is 1. The van der Waals surface area contributed by atoms with E-state index in [0.29, 0.717) is 45.2 Å². The molecular weight excluding hydrogens is 486 g/mol. The number of carboxylic acid groups (broad SMARTS) is 1. The molecule has 0 saturated heterocycles. The average molecular weight is 518 g/mol. The van der Waals surface area contributed by atoms with Gasteiger partial charge in [0.15, 0.2) is 11.5 Å². The zero-order valence-corrected chi connectivity index (χ0v) is 21.5. The molecule has 38 heavy (non-hydrogen) atoms.